The van der Waals surface area contributed by atoms with Crippen molar-refractivity contribution in [2.75, 3.05) is 43.1 Å². The molecule has 0 aliphatic carbocycles. The molecular weight excluding hydrogens is 430 g/mol. The lowest BCUT2D eigenvalue weighted by Gasteiger charge is -2.48. The van der Waals surface area contributed by atoms with E-state index in [9.17, 15) is 4.79 Å². The quantitative estimate of drug-likeness (QED) is 0.540. The number of dihydropyridines is 1. The summed E-state index contributed by atoms with van der Waals surface area (Å²) in [5, 5.41) is 10.9. The molecule has 5 N–H and O–H groups in total. The number of aliphatic imine (C=N–C) groups is 1. The first-order valence-electron chi connectivity index (χ1n) is 11.9. The highest BCUT2D eigenvalue weighted by molar-refractivity contribution is 5.94. The number of hydrogen-bond donors (Lipinski definition) is 4. The minimum atomic E-state index is -0.522. The van der Waals surface area contributed by atoms with E-state index in [0.29, 0.717) is 19.0 Å². The number of nitrogens with zero attached hydrogens (tertiary/aromatic N) is 3. The number of fused-ring (bicyclic) bond motifs is 1. The largest absolute Gasteiger partial charge is 0.384 e. The zero-order valence-electron chi connectivity index (χ0n) is 20.0. The predicted molar refractivity (Wildman–Crippen MR) is 134 cm³/mol. The summed E-state index contributed by atoms with van der Waals surface area (Å²) in [5.41, 5.74) is 11.1. The summed E-state index contributed by atoms with van der Waals surface area (Å²) in [6, 6.07) is 6.18. The minimum absolute atomic E-state index is 0.0545. The van der Waals surface area contributed by atoms with Gasteiger partial charge in [0.25, 0.3) is 0 Å². The van der Waals surface area contributed by atoms with Crippen LogP contribution in [-0.2, 0) is 16.0 Å². The maximum absolute atomic E-state index is 12.1. The zero-order valence-corrected chi connectivity index (χ0v) is 20.0. The van der Waals surface area contributed by atoms with Gasteiger partial charge in [0.05, 0.1) is 19.3 Å². The number of allylic oxidation sites excluding steroid dienone is 1. The van der Waals surface area contributed by atoms with E-state index in [1.54, 1.807) is 6.92 Å². The SMILES string of the molecule is CC(=O)N1CCc2ccc(NC3=CC(=C4C=CC(N)=NC4C)NC(C)(N4CCOCC4)N3)cc21. The molecule has 9 nitrogen and oxygen atoms in total. The molecule has 2 unspecified atom stereocenters. The Balaban J connectivity index is 1.49. The molecule has 0 bridgehead atoms. The van der Waals surface area contributed by atoms with E-state index < -0.39 is 5.79 Å². The van der Waals surface area contributed by atoms with Crippen molar-refractivity contribution >= 4 is 23.1 Å². The van der Waals surface area contributed by atoms with Gasteiger partial charge in [0.15, 0.2) is 5.79 Å². The van der Waals surface area contributed by atoms with Crippen LogP contribution in [0.2, 0.25) is 0 Å². The molecule has 0 saturated carbocycles. The fraction of sp³-hybridized carbons (Fsp3) is 0.440. The molecule has 9 heteroatoms. The lowest BCUT2D eigenvalue weighted by atomic mass is 10.0. The second-order valence-corrected chi connectivity index (χ2v) is 9.30. The van der Waals surface area contributed by atoms with Gasteiger partial charge in [0.2, 0.25) is 5.91 Å². The van der Waals surface area contributed by atoms with Gasteiger partial charge >= 0.3 is 0 Å². The van der Waals surface area contributed by atoms with Gasteiger partial charge in [-0.15, -0.1) is 0 Å². The van der Waals surface area contributed by atoms with Crippen LogP contribution in [0.4, 0.5) is 11.4 Å². The number of rotatable bonds is 3. The lowest BCUT2D eigenvalue weighted by molar-refractivity contribution is -0.116. The number of carbonyl (C=O) groups excluding carboxylic acids is 1. The first-order valence-corrected chi connectivity index (χ1v) is 11.9. The van der Waals surface area contributed by atoms with Crippen molar-refractivity contribution in [3.8, 4) is 0 Å². The Hall–Kier alpha value is -3.30. The van der Waals surface area contributed by atoms with Crippen LogP contribution in [0.5, 0.6) is 0 Å². The van der Waals surface area contributed by atoms with Gasteiger partial charge < -0.3 is 31.3 Å². The molecule has 5 rings (SSSR count). The van der Waals surface area contributed by atoms with Crippen molar-refractivity contribution in [1.82, 2.24) is 15.5 Å². The third-order valence-corrected chi connectivity index (χ3v) is 6.87. The summed E-state index contributed by atoms with van der Waals surface area (Å²) in [5.74, 6) is 0.953. The number of amidine groups is 1. The molecular formula is C25H33N7O2. The van der Waals surface area contributed by atoms with E-state index in [1.807, 2.05) is 24.0 Å². The molecule has 1 aromatic rings. The van der Waals surface area contributed by atoms with E-state index in [0.717, 1.165) is 54.5 Å². The average molecular weight is 464 g/mol. The molecule has 1 fully saturated rings. The molecule has 4 aliphatic rings. The first-order chi connectivity index (χ1) is 16.3. The fourth-order valence-corrected chi connectivity index (χ4v) is 5.07. The van der Waals surface area contributed by atoms with Crippen molar-refractivity contribution in [3.63, 3.8) is 0 Å². The smallest absolute Gasteiger partial charge is 0.223 e. The highest BCUT2D eigenvalue weighted by atomic mass is 16.5. The number of nitrogens with one attached hydrogen (secondary N) is 3. The summed E-state index contributed by atoms with van der Waals surface area (Å²) < 4.78 is 5.59. The third-order valence-electron chi connectivity index (χ3n) is 6.87. The number of nitrogens with two attached hydrogens (primary N) is 1. The van der Waals surface area contributed by atoms with Crippen LogP contribution >= 0.6 is 0 Å². The number of ether oxygens (including phenoxy) is 1. The summed E-state index contributed by atoms with van der Waals surface area (Å²) in [6.07, 6.45) is 6.84. The third kappa shape index (κ3) is 4.28. The Morgan fingerprint density at radius 2 is 2.03 bits per heavy atom. The van der Waals surface area contributed by atoms with E-state index in [1.165, 1.54) is 5.56 Å². The maximum atomic E-state index is 12.1. The summed E-state index contributed by atoms with van der Waals surface area (Å²) in [7, 11) is 0. The van der Waals surface area contributed by atoms with Gasteiger partial charge in [-0.2, -0.15) is 0 Å². The Morgan fingerprint density at radius 1 is 1.24 bits per heavy atom. The van der Waals surface area contributed by atoms with E-state index in [2.05, 4.69) is 57.0 Å². The monoisotopic (exact) mass is 463 g/mol. The van der Waals surface area contributed by atoms with Crippen LogP contribution in [0, 0.1) is 0 Å². The van der Waals surface area contributed by atoms with Crippen LogP contribution in [-0.4, -0.2) is 61.3 Å². The summed E-state index contributed by atoms with van der Waals surface area (Å²) in [6.45, 7) is 9.56. The van der Waals surface area contributed by atoms with Gasteiger partial charge in [-0.1, -0.05) is 12.1 Å². The highest BCUT2D eigenvalue weighted by Crippen LogP contribution is 2.32. The van der Waals surface area contributed by atoms with E-state index in [-0.39, 0.29) is 11.9 Å². The number of morpholine rings is 1. The molecule has 180 valence electrons. The van der Waals surface area contributed by atoms with Crippen LogP contribution < -0.4 is 26.6 Å². The molecule has 1 aromatic carbocycles. The Bertz CT molecular complexity index is 1120. The van der Waals surface area contributed by atoms with Gasteiger partial charge in [-0.25, -0.2) is 0 Å². The van der Waals surface area contributed by atoms with Crippen molar-refractivity contribution < 1.29 is 9.53 Å². The van der Waals surface area contributed by atoms with Crippen molar-refractivity contribution in [2.24, 2.45) is 10.7 Å². The van der Waals surface area contributed by atoms with E-state index in [4.69, 9.17) is 10.5 Å². The molecule has 4 aliphatic heterocycles. The predicted octanol–water partition coefficient (Wildman–Crippen LogP) is 1.62. The number of benzene rings is 1. The first kappa shape index (κ1) is 22.5. The highest BCUT2D eigenvalue weighted by Gasteiger charge is 2.37. The van der Waals surface area contributed by atoms with Crippen LogP contribution in [0.1, 0.15) is 26.3 Å². The van der Waals surface area contributed by atoms with E-state index >= 15 is 0 Å². The Morgan fingerprint density at radius 3 is 2.76 bits per heavy atom. The minimum Gasteiger partial charge on any atom is -0.384 e. The van der Waals surface area contributed by atoms with Crippen molar-refractivity contribution in [2.45, 2.75) is 39.0 Å². The molecule has 1 amide bonds. The Labute approximate surface area is 200 Å². The standard InChI is InChI=1S/C25H33N7O2/c1-16-20(6-7-23(26)27-16)21-15-24(30-25(3,29-21)31-10-12-34-13-11-31)28-19-5-4-18-8-9-32(17(2)33)22(18)14-19/h4-7,14-16,28-30H,8-13H2,1-3H3,(H2,26,27). The molecule has 4 heterocycles. The molecule has 0 aromatic heterocycles. The molecule has 34 heavy (non-hydrogen) atoms. The van der Waals surface area contributed by atoms with Crippen LogP contribution in [0.15, 0.2) is 58.5 Å². The van der Waals surface area contributed by atoms with Gasteiger partial charge in [-0.3, -0.25) is 14.7 Å². The van der Waals surface area contributed by atoms with Crippen LogP contribution in [0.25, 0.3) is 0 Å². The number of amides is 1. The lowest BCUT2D eigenvalue weighted by Crippen LogP contribution is -2.69. The zero-order chi connectivity index (χ0) is 23.9. The van der Waals surface area contributed by atoms with Gasteiger partial charge in [0.1, 0.15) is 11.7 Å². The summed E-state index contributed by atoms with van der Waals surface area (Å²) in [4.78, 5) is 20.8. The van der Waals surface area contributed by atoms with Gasteiger partial charge in [-0.05, 0) is 49.6 Å². The second kappa shape index (κ2) is 8.81. The van der Waals surface area contributed by atoms with Crippen molar-refractivity contribution in [1.29, 1.82) is 0 Å². The summed E-state index contributed by atoms with van der Waals surface area (Å²) >= 11 is 0. The fourth-order valence-electron chi connectivity index (χ4n) is 5.07. The van der Waals surface area contributed by atoms with Crippen LogP contribution in [0.3, 0.4) is 0 Å². The topological polar surface area (TPSA) is 107 Å². The van der Waals surface area contributed by atoms with Crippen molar-refractivity contribution in [3.05, 3.63) is 59.1 Å². The number of anilines is 2. The maximum Gasteiger partial charge on any atom is 0.223 e. The molecule has 2 atom stereocenters. The second-order valence-electron chi connectivity index (χ2n) is 9.30. The molecule has 0 radical (unpaired) electrons. The molecule has 1 saturated heterocycles. The molecule has 0 spiro atoms. The van der Waals surface area contributed by atoms with Gasteiger partial charge in [0, 0.05) is 49.7 Å². The number of hydrogen-bond acceptors (Lipinski definition) is 8. The number of carbonyl (C=O) groups is 1. The Kier molecular flexibility index (Phi) is 5.83. The normalized spacial score (nSPS) is 29.0. The average Bonchev–Trinajstić information content (AvgIpc) is 3.23.